The van der Waals surface area contributed by atoms with Gasteiger partial charge in [0.05, 0.1) is 27.7 Å². The fourth-order valence-electron chi connectivity index (χ4n) is 6.59. The monoisotopic (exact) mass is 664 g/mol. The highest BCUT2D eigenvalue weighted by Gasteiger charge is 2.20. The Morgan fingerprint density at radius 1 is 0.440 bits per heavy atom. The molecule has 0 saturated carbocycles. The normalized spacial score (nSPS) is 13.8. The van der Waals surface area contributed by atoms with Gasteiger partial charge in [0.1, 0.15) is 0 Å². The second-order valence-electron chi connectivity index (χ2n) is 11.9. The largest absolute Gasteiger partial charge is 0.309 e. The maximum Gasteiger partial charge on any atom is 0.166 e. The van der Waals surface area contributed by atoms with Gasteiger partial charge in [0.15, 0.2) is 17.5 Å². The van der Waals surface area contributed by atoms with Gasteiger partial charge in [-0.25, -0.2) is 15.0 Å². The van der Waals surface area contributed by atoms with Gasteiger partial charge in [-0.2, -0.15) is 0 Å². The highest BCUT2D eigenvalue weighted by atomic mass is 32.1. The van der Waals surface area contributed by atoms with Crippen LogP contribution in [0.25, 0.3) is 93.0 Å². The van der Waals surface area contributed by atoms with Gasteiger partial charge in [-0.1, -0.05) is 127 Å². The first-order valence-electron chi connectivity index (χ1n) is 20.0. The Hall–Kier alpha value is -6.43. The van der Waals surface area contributed by atoms with Crippen molar-refractivity contribution < 1.29 is 11.0 Å². The molecule has 10 aromatic rings. The first-order valence-corrected chi connectivity index (χ1v) is 16.9. The number of hydrogen-bond donors (Lipinski definition) is 0. The smallest absolute Gasteiger partial charge is 0.166 e. The molecule has 0 amide bonds. The maximum absolute atomic E-state index is 9.20. The maximum atomic E-state index is 9.20. The Balaban J connectivity index is 1.35. The van der Waals surface area contributed by atoms with E-state index in [1.54, 1.807) is 17.4 Å². The molecule has 0 aliphatic carbocycles. The molecule has 0 N–H and O–H groups in total. The minimum absolute atomic E-state index is 0.00813. The Morgan fingerprint density at radius 2 is 0.980 bits per heavy atom. The van der Waals surface area contributed by atoms with Crippen LogP contribution in [0.2, 0.25) is 0 Å². The summed E-state index contributed by atoms with van der Waals surface area (Å²) in [6, 6.07) is 35.7. The number of aromatic nitrogens is 4. The van der Waals surface area contributed by atoms with Crippen molar-refractivity contribution in [1.82, 2.24) is 19.5 Å². The fourth-order valence-corrected chi connectivity index (χ4v) is 7.67. The number of rotatable bonds is 5. The van der Waals surface area contributed by atoms with Crippen LogP contribution in [0, 0.1) is 0 Å². The molecule has 7 aromatic carbocycles. The number of fused-ring (bicyclic) bond motifs is 6. The van der Waals surface area contributed by atoms with Crippen LogP contribution < -0.4 is 0 Å². The van der Waals surface area contributed by atoms with Crippen molar-refractivity contribution in [2.45, 2.75) is 0 Å². The van der Waals surface area contributed by atoms with Crippen molar-refractivity contribution in [3.63, 3.8) is 0 Å². The van der Waals surface area contributed by atoms with Crippen molar-refractivity contribution in [3.8, 4) is 51.0 Å². The molecule has 0 radical (unpaired) electrons. The first kappa shape index (κ1) is 21.5. The molecule has 3 aromatic heterocycles. The van der Waals surface area contributed by atoms with Crippen LogP contribution in [0.4, 0.5) is 0 Å². The molecular weight excluding hydrogens is 629 g/mol. The molecule has 0 aliphatic heterocycles. The zero-order valence-electron chi connectivity index (χ0n) is 34.2. The summed E-state index contributed by atoms with van der Waals surface area (Å²) >= 11 is 1.72. The molecule has 5 heteroatoms. The quantitative estimate of drug-likeness (QED) is 0.184. The van der Waals surface area contributed by atoms with Crippen molar-refractivity contribution >= 4 is 53.3 Å². The summed E-state index contributed by atoms with van der Waals surface area (Å²) in [6.07, 6.45) is 0. The predicted octanol–water partition coefficient (Wildman–Crippen LogP) is 12.0. The average molecular weight is 665 g/mol. The summed E-state index contributed by atoms with van der Waals surface area (Å²) in [6.45, 7) is 0. The summed E-state index contributed by atoms with van der Waals surface area (Å²) in [5, 5.41) is 2.23. The SMILES string of the molecule is [2H]c1c([2H])c([2H])c2c(c1[2H])c1c([2H])c([2H])c([2H])c([2H])c1n2-c1ccc(-c2ccc3sc4ccccc4c3c2)cc1-c1nc(-c2ccccc2)nc(-c2ccccc2)n1. The van der Waals surface area contributed by atoms with Gasteiger partial charge in [-0.15, -0.1) is 11.3 Å². The van der Waals surface area contributed by atoms with E-state index in [-0.39, 0.29) is 39.7 Å². The van der Waals surface area contributed by atoms with Crippen LogP contribution in [0.3, 0.4) is 0 Å². The molecular formula is C45H28N4S. The van der Waals surface area contributed by atoms with Gasteiger partial charge >= 0.3 is 0 Å². The number of benzene rings is 7. The van der Waals surface area contributed by atoms with Gasteiger partial charge < -0.3 is 4.57 Å². The topological polar surface area (TPSA) is 43.6 Å². The van der Waals surface area contributed by atoms with E-state index in [9.17, 15) is 2.74 Å². The molecule has 4 nitrogen and oxygen atoms in total. The van der Waals surface area contributed by atoms with Crippen molar-refractivity contribution in [2.75, 3.05) is 0 Å². The fraction of sp³-hybridized carbons (Fsp3) is 0. The Morgan fingerprint density at radius 3 is 1.66 bits per heavy atom. The highest BCUT2D eigenvalue weighted by molar-refractivity contribution is 7.25. The first-order chi connectivity index (χ1) is 28.1. The summed E-state index contributed by atoms with van der Waals surface area (Å²) in [7, 11) is 0. The van der Waals surface area contributed by atoms with E-state index < -0.39 is 36.3 Å². The van der Waals surface area contributed by atoms with E-state index >= 15 is 0 Å². The molecule has 0 spiro atoms. The second kappa shape index (κ2) is 11.6. The van der Waals surface area contributed by atoms with Crippen molar-refractivity contribution in [3.05, 3.63) is 170 Å². The average Bonchev–Trinajstić information content (AvgIpc) is 3.83. The lowest BCUT2D eigenvalue weighted by molar-refractivity contribution is 1.06. The van der Waals surface area contributed by atoms with Gasteiger partial charge in [-0.3, -0.25) is 0 Å². The minimum atomic E-state index is -0.506. The molecule has 0 atom stereocenters. The van der Waals surface area contributed by atoms with Crippen molar-refractivity contribution in [1.29, 1.82) is 0 Å². The van der Waals surface area contributed by atoms with Gasteiger partial charge in [0.25, 0.3) is 0 Å². The molecule has 0 saturated heterocycles. The third kappa shape index (κ3) is 4.71. The molecule has 0 unspecified atom stereocenters. The van der Waals surface area contributed by atoms with E-state index in [4.69, 9.17) is 23.2 Å². The standard InChI is InChI=1S/C45H28N4S/c1-3-13-29(14-4-1)43-46-44(30-15-5-2-6-16-30)48-45(47-43)37-28-31(32-24-26-42-36(27-32)35-19-9-12-22-41(35)50-42)23-25-40(37)49-38-20-10-7-17-33(38)34-18-8-11-21-39(34)49/h1-28H/i7D,8D,10D,11D,17D,18D,20D,21D. The van der Waals surface area contributed by atoms with E-state index in [1.807, 2.05) is 84.9 Å². The summed E-state index contributed by atoms with van der Waals surface area (Å²) in [5.74, 6) is 1.05. The molecule has 50 heavy (non-hydrogen) atoms. The van der Waals surface area contributed by atoms with Gasteiger partial charge in [-0.05, 0) is 53.5 Å². The van der Waals surface area contributed by atoms with Crippen molar-refractivity contribution in [2.24, 2.45) is 0 Å². The van der Waals surface area contributed by atoms with Gasteiger partial charge in [0, 0.05) is 47.6 Å². The molecule has 0 fully saturated rings. The molecule has 0 aliphatic rings. The molecule has 234 valence electrons. The van der Waals surface area contributed by atoms with Crippen LogP contribution in [0.5, 0.6) is 0 Å². The lowest BCUT2D eigenvalue weighted by atomic mass is 9.99. The Kier molecular flexibility index (Phi) is 5.00. The molecule has 0 bridgehead atoms. The number of para-hydroxylation sites is 2. The Bertz CT molecular complexity index is 3200. The summed E-state index contributed by atoms with van der Waals surface area (Å²) in [5.41, 5.74) is 4.03. The lowest BCUT2D eigenvalue weighted by Crippen LogP contribution is -2.04. The molecule has 3 heterocycles. The Labute approximate surface area is 303 Å². The van der Waals surface area contributed by atoms with E-state index in [0.29, 0.717) is 22.9 Å². The predicted molar refractivity (Wildman–Crippen MR) is 209 cm³/mol. The van der Waals surface area contributed by atoms with Crippen LogP contribution >= 0.6 is 11.3 Å². The van der Waals surface area contributed by atoms with Crippen LogP contribution in [0.15, 0.2) is 170 Å². The van der Waals surface area contributed by atoms with Crippen LogP contribution in [-0.4, -0.2) is 19.5 Å². The van der Waals surface area contributed by atoms with E-state index in [2.05, 4.69) is 30.3 Å². The third-order valence-electron chi connectivity index (χ3n) is 8.92. The zero-order chi connectivity index (χ0) is 40.0. The minimum Gasteiger partial charge on any atom is -0.309 e. The van der Waals surface area contributed by atoms with Crippen LogP contribution in [-0.2, 0) is 0 Å². The second-order valence-corrected chi connectivity index (χ2v) is 12.9. The third-order valence-corrected chi connectivity index (χ3v) is 10.1. The van der Waals surface area contributed by atoms with E-state index in [1.165, 1.54) is 9.27 Å². The summed E-state index contributed by atoms with van der Waals surface area (Å²) in [4.78, 5) is 15.0. The lowest BCUT2D eigenvalue weighted by Gasteiger charge is -2.16. The highest BCUT2D eigenvalue weighted by Crippen LogP contribution is 2.40. The zero-order valence-corrected chi connectivity index (χ0v) is 27.1. The van der Waals surface area contributed by atoms with Gasteiger partial charge in [0.2, 0.25) is 0 Å². The number of nitrogens with zero attached hydrogens (tertiary/aromatic N) is 4. The summed E-state index contributed by atoms with van der Waals surface area (Å²) < 4.78 is 74.8. The number of thiophene rings is 1. The van der Waals surface area contributed by atoms with Crippen LogP contribution in [0.1, 0.15) is 11.0 Å². The van der Waals surface area contributed by atoms with E-state index in [0.717, 1.165) is 37.7 Å². The number of hydrogen-bond acceptors (Lipinski definition) is 4. The molecule has 10 rings (SSSR count).